The van der Waals surface area contributed by atoms with Crippen molar-refractivity contribution in [2.24, 2.45) is 0 Å². The number of methoxy groups -OCH3 is 2. The van der Waals surface area contributed by atoms with Crippen molar-refractivity contribution in [3.63, 3.8) is 0 Å². The fourth-order valence-electron chi connectivity index (χ4n) is 2.08. The summed E-state index contributed by atoms with van der Waals surface area (Å²) in [6.45, 7) is 7.07. The molecule has 0 aliphatic heterocycles. The molecule has 0 saturated heterocycles. The molecule has 1 atom stereocenters. The molecule has 0 aromatic heterocycles. The highest BCUT2D eigenvalue weighted by atomic mass is 16.6. The number of nitro benzene ring substituents is 1. The second-order valence-electron chi connectivity index (χ2n) is 4.52. The molecule has 0 aliphatic carbocycles. The highest BCUT2D eigenvalue weighted by Gasteiger charge is 2.30. The van der Waals surface area contributed by atoms with E-state index in [2.05, 4.69) is 13.2 Å². The Kier molecular flexibility index (Phi) is 6.79. The van der Waals surface area contributed by atoms with E-state index >= 15 is 0 Å². The van der Waals surface area contributed by atoms with E-state index in [9.17, 15) is 14.9 Å². The lowest BCUT2D eigenvalue weighted by atomic mass is 9.93. The minimum absolute atomic E-state index is 0.0214. The average molecular weight is 321 g/mol. The molecule has 7 heteroatoms. The molecule has 0 fully saturated rings. The third-order valence-electron chi connectivity index (χ3n) is 3.14. The number of ether oxygens (including phenoxy) is 3. The van der Waals surface area contributed by atoms with Crippen LogP contribution in [0.4, 0.5) is 5.69 Å². The van der Waals surface area contributed by atoms with Gasteiger partial charge in [0.25, 0.3) is 5.69 Å². The van der Waals surface area contributed by atoms with Crippen LogP contribution in [0.1, 0.15) is 17.9 Å². The Morgan fingerprint density at radius 2 is 1.87 bits per heavy atom. The van der Waals surface area contributed by atoms with E-state index in [0.717, 1.165) is 0 Å². The smallest absolute Gasteiger partial charge is 0.314 e. The first-order valence-corrected chi connectivity index (χ1v) is 6.78. The molecule has 1 unspecified atom stereocenters. The summed E-state index contributed by atoms with van der Waals surface area (Å²) in [5.41, 5.74) is -0.0633. The predicted octanol–water partition coefficient (Wildman–Crippen LogP) is 3.00. The van der Waals surface area contributed by atoms with Gasteiger partial charge in [-0.2, -0.15) is 0 Å². The zero-order valence-corrected chi connectivity index (χ0v) is 13.1. The van der Waals surface area contributed by atoms with Gasteiger partial charge in [0.2, 0.25) is 0 Å². The summed E-state index contributed by atoms with van der Waals surface area (Å²) in [5, 5.41) is 11.3. The Balaban J connectivity index is 3.43. The van der Waals surface area contributed by atoms with Gasteiger partial charge in [0.15, 0.2) is 11.5 Å². The topological polar surface area (TPSA) is 87.9 Å². The number of allylic oxidation sites excluding steroid dienone is 1. The van der Waals surface area contributed by atoms with Gasteiger partial charge in [-0.25, -0.2) is 0 Å². The summed E-state index contributed by atoms with van der Waals surface area (Å²) in [6.07, 6.45) is 3.11. The third kappa shape index (κ3) is 4.32. The number of hydrogen-bond acceptors (Lipinski definition) is 6. The molecule has 0 N–H and O–H groups in total. The summed E-state index contributed by atoms with van der Waals surface area (Å²) in [7, 11) is 2.78. The molecule has 0 bridgehead atoms. The van der Waals surface area contributed by atoms with Crippen LogP contribution in [0.25, 0.3) is 0 Å². The van der Waals surface area contributed by atoms with Gasteiger partial charge in [0, 0.05) is 5.56 Å². The van der Waals surface area contributed by atoms with Crippen LogP contribution in [-0.4, -0.2) is 31.7 Å². The second-order valence-corrected chi connectivity index (χ2v) is 4.52. The first kappa shape index (κ1) is 18.2. The fourth-order valence-corrected chi connectivity index (χ4v) is 2.08. The van der Waals surface area contributed by atoms with Crippen LogP contribution in [0.3, 0.4) is 0 Å². The van der Waals surface area contributed by atoms with Crippen molar-refractivity contribution >= 4 is 11.7 Å². The first-order chi connectivity index (χ1) is 11.0. The minimum atomic E-state index is -0.868. The van der Waals surface area contributed by atoms with E-state index in [1.165, 1.54) is 38.5 Å². The van der Waals surface area contributed by atoms with E-state index in [4.69, 9.17) is 14.2 Å². The van der Waals surface area contributed by atoms with Gasteiger partial charge in [-0.1, -0.05) is 18.7 Å². The molecule has 0 saturated carbocycles. The Bertz CT molecular complexity index is 611. The largest absolute Gasteiger partial charge is 0.493 e. The van der Waals surface area contributed by atoms with Gasteiger partial charge in [-0.3, -0.25) is 14.9 Å². The van der Waals surface area contributed by atoms with E-state index in [0.29, 0.717) is 5.75 Å². The van der Waals surface area contributed by atoms with Crippen LogP contribution < -0.4 is 9.47 Å². The summed E-state index contributed by atoms with van der Waals surface area (Å²) < 4.78 is 15.3. The van der Waals surface area contributed by atoms with E-state index in [-0.39, 0.29) is 30.0 Å². The van der Waals surface area contributed by atoms with E-state index in [1.54, 1.807) is 0 Å². The second kappa shape index (κ2) is 8.57. The lowest BCUT2D eigenvalue weighted by Gasteiger charge is -2.16. The normalized spacial score (nSPS) is 11.2. The molecule has 1 rings (SSSR count). The van der Waals surface area contributed by atoms with Gasteiger partial charge >= 0.3 is 5.97 Å². The van der Waals surface area contributed by atoms with Crippen LogP contribution in [-0.2, 0) is 9.53 Å². The fraction of sp³-hybridized carbons (Fsp3) is 0.312. The number of esters is 1. The van der Waals surface area contributed by atoms with Gasteiger partial charge in [0.1, 0.15) is 6.61 Å². The minimum Gasteiger partial charge on any atom is -0.493 e. The molecule has 0 radical (unpaired) electrons. The average Bonchev–Trinajstić information content (AvgIpc) is 2.56. The molecule has 0 amide bonds. The van der Waals surface area contributed by atoms with Crippen LogP contribution >= 0.6 is 0 Å². The third-order valence-corrected chi connectivity index (χ3v) is 3.14. The highest BCUT2D eigenvalue weighted by molar-refractivity contribution is 5.81. The zero-order valence-electron chi connectivity index (χ0n) is 13.1. The summed E-state index contributed by atoms with van der Waals surface area (Å²) in [5.74, 6) is -0.966. The van der Waals surface area contributed by atoms with Gasteiger partial charge in [0.05, 0.1) is 31.1 Å². The molecule has 23 heavy (non-hydrogen) atoms. The zero-order chi connectivity index (χ0) is 17.4. The molecule has 124 valence electrons. The number of carbonyl (C=O) groups excluding carboxylic acids is 1. The van der Waals surface area contributed by atoms with Crippen LogP contribution in [0.15, 0.2) is 37.4 Å². The molecule has 0 spiro atoms. The molecule has 1 aromatic rings. The Morgan fingerprint density at radius 3 is 2.35 bits per heavy atom. The van der Waals surface area contributed by atoms with Crippen LogP contribution in [0.2, 0.25) is 0 Å². The number of hydrogen-bond donors (Lipinski definition) is 0. The van der Waals surface area contributed by atoms with E-state index in [1.807, 2.05) is 0 Å². The molecule has 1 aromatic carbocycles. The summed E-state index contributed by atoms with van der Waals surface area (Å²) >= 11 is 0. The van der Waals surface area contributed by atoms with Crippen molar-refractivity contribution in [2.45, 2.75) is 12.3 Å². The predicted molar refractivity (Wildman–Crippen MR) is 84.9 cm³/mol. The quantitative estimate of drug-likeness (QED) is 0.301. The van der Waals surface area contributed by atoms with Crippen molar-refractivity contribution in [1.82, 2.24) is 0 Å². The van der Waals surface area contributed by atoms with Gasteiger partial charge in [-0.05, 0) is 12.5 Å². The number of nitro groups is 1. The highest BCUT2D eigenvalue weighted by Crippen LogP contribution is 2.39. The molecular weight excluding hydrogens is 302 g/mol. The van der Waals surface area contributed by atoms with Gasteiger partial charge < -0.3 is 14.2 Å². The van der Waals surface area contributed by atoms with Crippen molar-refractivity contribution in [3.05, 3.63) is 53.1 Å². The first-order valence-electron chi connectivity index (χ1n) is 6.78. The molecule has 7 nitrogen and oxygen atoms in total. The maximum atomic E-state index is 12.2. The van der Waals surface area contributed by atoms with Crippen LogP contribution in [0, 0.1) is 10.1 Å². The summed E-state index contributed by atoms with van der Waals surface area (Å²) in [6, 6.07) is 2.64. The number of carbonyl (C=O) groups is 1. The van der Waals surface area contributed by atoms with Crippen molar-refractivity contribution in [2.75, 3.05) is 20.8 Å². The van der Waals surface area contributed by atoms with Crippen LogP contribution in [0.5, 0.6) is 11.5 Å². The lowest BCUT2D eigenvalue weighted by molar-refractivity contribution is -0.385. The maximum absolute atomic E-state index is 12.2. The van der Waals surface area contributed by atoms with Crippen molar-refractivity contribution in [3.8, 4) is 11.5 Å². The Morgan fingerprint density at radius 1 is 1.26 bits per heavy atom. The monoisotopic (exact) mass is 321 g/mol. The maximum Gasteiger partial charge on any atom is 0.314 e. The summed E-state index contributed by atoms with van der Waals surface area (Å²) in [4.78, 5) is 23.0. The molecular formula is C16H19NO6. The SMILES string of the molecule is C=CCOC(=O)C(CC=C)c1cc(OC)c(OC)cc1[N+](=O)[O-]. The number of rotatable bonds is 9. The van der Waals surface area contributed by atoms with Crippen molar-refractivity contribution in [1.29, 1.82) is 0 Å². The number of nitrogens with zero attached hydrogens (tertiary/aromatic N) is 1. The van der Waals surface area contributed by atoms with E-state index < -0.39 is 16.8 Å². The number of benzene rings is 1. The Labute approximate surface area is 134 Å². The van der Waals surface area contributed by atoms with Crippen molar-refractivity contribution < 1.29 is 23.9 Å². The Hall–Kier alpha value is -2.83. The van der Waals surface area contributed by atoms with Gasteiger partial charge in [-0.15, -0.1) is 6.58 Å². The standard InChI is InChI=1S/C16H19NO6/c1-5-7-11(16(18)23-8-6-2)12-9-14(21-3)15(22-4)10-13(12)17(19)20/h5-6,9-11H,1-2,7-8H2,3-4H3. The molecule has 0 aliphatic rings. The molecule has 0 heterocycles. The lowest BCUT2D eigenvalue weighted by Crippen LogP contribution is -2.17.